The van der Waals surface area contributed by atoms with Gasteiger partial charge in [0, 0.05) is 25.8 Å². The van der Waals surface area contributed by atoms with E-state index in [9.17, 15) is 8.42 Å². The second-order valence-corrected chi connectivity index (χ2v) is 6.07. The minimum absolute atomic E-state index is 0.248. The fourth-order valence-electron chi connectivity index (χ4n) is 1.73. The molecule has 0 spiro atoms. The molecule has 1 rings (SSSR count). The average molecular weight is 274 g/mol. The summed E-state index contributed by atoms with van der Waals surface area (Å²) in [6.07, 6.45) is 4.54. The van der Waals surface area contributed by atoms with Crippen molar-refractivity contribution >= 4 is 10.0 Å². The van der Waals surface area contributed by atoms with Crippen LogP contribution in [0.4, 0.5) is 0 Å². The van der Waals surface area contributed by atoms with Gasteiger partial charge in [-0.3, -0.25) is 4.68 Å². The lowest BCUT2D eigenvalue weighted by Gasteiger charge is -2.19. The molecule has 0 aliphatic rings. The van der Waals surface area contributed by atoms with Crippen LogP contribution in [0, 0.1) is 0 Å². The Morgan fingerprint density at radius 1 is 1.33 bits per heavy atom. The Labute approximate surface area is 109 Å². The van der Waals surface area contributed by atoms with E-state index >= 15 is 0 Å². The fraction of sp³-hybridized carbons (Fsp3) is 0.727. The van der Waals surface area contributed by atoms with Crippen LogP contribution in [-0.2, 0) is 16.6 Å². The van der Waals surface area contributed by atoms with Crippen molar-refractivity contribution in [3.05, 3.63) is 12.4 Å². The highest BCUT2D eigenvalue weighted by molar-refractivity contribution is 7.89. The van der Waals surface area contributed by atoms with Gasteiger partial charge in [0.25, 0.3) is 0 Å². The molecule has 1 aromatic heterocycles. The predicted octanol–water partition coefficient (Wildman–Crippen LogP) is 0.653. The van der Waals surface area contributed by atoms with Crippen LogP contribution in [0.3, 0.4) is 0 Å². The molecule has 0 aliphatic carbocycles. The summed E-state index contributed by atoms with van der Waals surface area (Å²) in [7, 11) is -3.41. The molecule has 0 saturated carbocycles. The molecule has 0 fully saturated rings. The van der Waals surface area contributed by atoms with E-state index in [1.807, 2.05) is 13.8 Å². The monoisotopic (exact) mass is 274 g/mol. The van der Waals surface area contributed by atoms with Crippen LogP contribution in [0.2, 0.25) is 0 Å². The highest BCUT2D eigenvalue weighted by Gasteiger charge is 2.24. The highest BCUT2D eigenvalue weighted by Crippen LogP contribution is 2.15. The van der Waals surface area contributed by atoms with E-state index in [-0.39, 0.29) is 4.90 Å². The lowest BCUT2D eigenvalue weighted by Crippen LogP contribution is -2.32. The molecule has 6 nitrogen and oxygen atoms in total. The van der Waals surface area contributed by atoms with Gasteiger partial charge in [0.2, 0.25) is 10.0 Å². The van der Waals surface area contributed by atoms with Crippen molar-refractivity contribution in [1.82, 2.24) is 14.1 Å². The summed E-state index contributed by atoms with van der Waals surface area (Å²) in [6.45, 7) is 5.98. The van der Waals surface area contributed by atoms with E-state index in [0.717, 1.165) is 12.8 Å². The molecule has 104 valence electrons. The Kier molecular flexibility index (Phi) is 5.77. The third kappa shape index (κ3) is 3.54. The lowest BCUT2D eigenvalue weighted by molar-refractivity contribution is 0.410. The molecule has 2 N–H and O–H groups in total. The molecule has 1 heterocycles. The summed E-state index contributed by atoms with van der Waals surface area (Å²) in [6, 6.07) is 0. The number of nitrogens with zero attached hydrogens (tertiary/aromatic N) is 3. The van der Waals surface area contributed by atoms with Gasteiger partial charge in [-0.2, -0.15) is 9.40 Å². The van der Waals surface area contributed by atoms with Gasteiger partial charge < -0.3 is 5.73 Å². The molecular weight excluding hydrogens is 252 g/mol. The van der Waals surface area contributed by atoms with Crippen molar-refractivity contribution in [3.8, 4) is 0 Å². The van der Waals surface area contributed by atoms with Gasteiger partial charge in [-0.25, -0.2) is 8.42 Å². The number of aromatic nitrogens is 2. The number of hydrogen-bond donors (Lipinski definition) is 1. The first-order chi connectivity index (χ1) is 8.56. The van der Waals surface area contributed by atoms with Crippen LogP contribution < -0.4 is 5.73 Å². The van der Waals surface area contributed by atoms with Crippen LogP contribution in [0.5, 0.6) is 0 Å². The summed E-state index contributed by atoms with van der Waals surface area (Å²) >= 11 is 0. The molecular formula is C11H22N4O2S. The lowest BCUT2D eigenvalue weighted by atomic mass is 10.4. The smallest absolute Gasteiger partial charge is 0.246 e. The van der Waals surface area contributed by atoms with Crippen molar-refractivity contribution in [1.29, 1.82) is 0 Å². The zero-order chi connectivity index (χ0) is 13.6. The Hall–Kier alpha value is -0.920. The summed E-state index contributed by atoms with van der Waals surface area (Å²) in [5, 5.41) is 4.01. The average Bonchev–Trinajstić information content (AvgIpc) is 2.78. The van der Waals surface area contributed by atoms with E-state index in [1.165, 1.54) is 10.5 Å². The molecule has 0 aromatic carbocycles. The number of hydrogen-bond acceptors (Lipinski definition) is 4. The third-order valence-corrected chi connectivity index (χ3v) is 4.40. The second kappa shape index (κ2) is 6.86. The van der Waals surface area contributed by atoms with Crippen molar-refractivity contribution in [2.24, 2.45) is 5.73 Å². The van der Waals surface area contributed by atoms with E-state index in [1.54, 1.807) is 10.9 Å². The Morgan fingerprint density at radius 2 is 1.94 bits per heavy atom. The van der Waals surface area contributed by atoms with E-state index in [2.05, 4.69) is 5.10 Å². The number of rotatable bonds is 8. The molecule has 0 amide bonds. The summed E-state index contributed by atoms with van der Waals surface area (Å²) in [5.74, 6) is 0. The molecule has 1 aromatic rings. The Bertz CT molecular complexity index is 449. The highest BCUT2D eigenvalue weighted by atomic mass is 32.2. The van der Waals surface area contributed by atoms with Gasteiger partial charge >= 0.3 is 0 Å². The first-order valence-corrected chi connectivity index (χ1v) is 7.72. The van der Waals surface area contributed by atoms with Crippen LogP contribution in [0.15, 0.2) is 17.3 Å². The topological polar surface area (TPSA) is 81.2 Å². The van der Waals surface area contributed by atoms with Crippen LogP contribution >= 0.6 is 0 Å². The van der Waals surface area contributed by atoms with E-state index in [0.29, 0.717) is 26.2 Å². The third-order valence-electron chi connectivity index (χ3n) is 2.55. The SMILES string of the molecule is CCCN(CCC)S(=O)(=O)c1cnn(CCN)c1. The molecule has 0 aliphatic heterocycles. The van der Waals surface area contributed by atoms with Crippen LogP contribution in [-0.4, -0.2) is 42.1 Å². The maximum absolute atomic E-state index is 12.4. The first kappa shape index (κ1) is 15.1. The molecule has 0 radical (unpaired) electrons. The Morgan fingerprint density at radius 3 is 2.44 bits per heavy atom. The predicted molar refractivity (Wildman–Crippen MR) is 70.6 cm³/mol. The van der Waals surface area contributed by atoms with Gasteiger partial charge in [0.15, 0.2) is 0 Å². The standard InChI is InChI=1S/C11H22N4O2S/c1-3-6-15(7-4-2)18(16,17)11-9-13-14(10-11)8-5-12/h9-10H,3-8,12H2,1-2H3. The minimum atomic E-state index is -3.41. The number of sulfonamides is 1. The van der Waals surface area contributed by atoms with Gasteiger partial charge in [-0.15, -0.1) is 0 Å². The zero-order valence-corrected chi connectivity index (χ0v) is 11.9. The summed E-state index contributed by atoms with van der Waals surface area (Å²) < 4.78 is 27.8. The van der Waals surface area contributed by atoms with Gasteiger partial charge in [-0.1, -0.05) is 13.8 Å². The zero-order valence-electron chi connectivity index (χ0n) is 11.0. The maximum Gasteiger partial charge on any atom is 0.246 e. The summed E-state index contributed by atoms with van der Waals surface area (Å²) in [5.41, 5.74) is 5.41. The van der Waals surface area contributed by atoms with Crippen molar-refractivity contribution < 1.29 is 8.42 Å². The molecule has 7 heteroatoms. The van der Waals surface area contributed by atoms with E-state index in [4.69, 9.17) is 5.73 Å². The van der Waals surface area contributed by atoms with Gasteiger partial charge in [0.05, 0.1) is 12.7 Å². The quantitative estimate of drug-likeness (QED) is 0.755. The fourth-order valence-corrected chi connectivity index (χ4v) is 3.31. The largest absolute Gasteiger partial charge is 0.329 e. The minimum Gasteiger partial charge on any atom is -0.329 e. The number of nitrogens with two attached hydrogens (primary N) is 1. The van der Waals surface area contributed by atoms with E-state index < -0.39 is 10.0 Å². The normalized spacial score (nSPS) is 12.2. The van der Waals surface area contributed by atoms with Crippen molar-refractivity contribution in [3.63, 3.8) is 0 Å². The van der Waals surface area contributed by atoms with Crippen LogP contribution in [0.1, 0.15) is 26.7 Å². The molecule has 0 unspecified atom stereocenters. The van der Waals surface area contributed by atoms with Gasteiger partial charge in [0.1, 0.15) is 4.90 Å². The molecule has 18 heavy (non-hydrogen) atoms. The van der Waals surface area contributed by atoms with Crippen molar-refractivity contribution in [2.45, 2.75) is 38.1 Å². The second-order valence-electron chi connectivity index (χ2n) is 4.13. The molecule has 0 saturated heterocycles. The molecule has 0 atom stereocenters. The van der Waals surface area contributed by atoms with Gasteiger partial charge in [-0.05, 0) is 12.8 Å². The Balaban J connectivity index is 2.94. The van der Waals surface area contributed by atoms with Crippen molar-refractivity contribution in [2.75, 3.05) is 19.6 Å². The first-order valence-electron chi connectivity index (χ1n) is 6.28. The van der Waals surface area contributed by atoms with Crippen LogP contribution in [0.25, 0.3) is 0 Å². The molecule has 0 bridgehead atoms. The summed E-state index contributed by atoms with van der Waals surface area (Å²) in [4.78, 5) is 0.248. The maximum atomic E-state index is 12.4.